The largest absolute Gasteiger partial charge is 0.368 e. The van der Waals surface area contributed by atoms with Crippen molar-refractivity contribution in [2.45, 2.75) is 38.7 Å². The van der Waals surface area contributed by atoms with Gasteiger partial charge in [-0.3, -0.25) is 9.89 Å². The molecule has 0 atom stereocenters. The summed E-state index contributed by atoms with van der Waals surface area (Å²) in [4.78, 5) is 11.7. The molecule has 1 saturated heterocycles. The molecule has 2 rings (SSSR count). The van der Waals surface area contributed by atoms with Gasteiger partial charge in [-0.2, -0.15) is 5.10 Å². The van der Waals surface area contributed by atoms with E-state index in [1.807, 2.05) is 6.07 Å². The number of piperidine rings is 1. The molecule has 3 N–H and O–H groups in total. The number of aromatic amines is 1. The van der Waals surface area contributed by atoms with Gasteiger partial charge >= 0.3 is 0 Å². The first kappa shape index (κ1) is 14.0. The fourth-order valence-electron chi connectivity index (χ4n) is 2.03. The average molecular weight is 266 g/mol. The number of aromatic nitrogens is 2. The van der Waals surface area contributed by atoms with Crippen molar-refractivity contribution in [1.29, 1.82) is 0 Å². The van der Waals surface area contributed by atoms with Crippen molar-refractivity contribution in [2.75, 3.05) is 25.0 Å². The zero-order valence-electron chi connectivity index (χ0n) is 11.5. The molecule has 1 aromatic rings. The summed E-state index contributed by atoms with van der Waals surface area (Å²) in [7, 11) is 0. The fraction of sp³-hybridized carbons (Fsp3) is 0.692. The molecule has 0 saturated carbocycles. The Hall–Kier alpha value is -1.40. The molecule has 6 heteroatoms. The number of rotatable bonds is 5. The molecule has 0 spiro atoms. The molecular weight excluding hydrogens is 244 g/mol. The van der Waals surface area contributed by atoms with E-state index in [2.05, 4.69) is 34.7 Å². The van der Waals surface area contributed by atoms with Crippen LogP contribution in [-0.4, -0.2) is 41.9 Å². The lowest BCUT2D eigenvalue weighted by atomic mass is 10.1. The number of hydrogen-bond acceptors (Lipinski definition) is 4. The van der Waals surface area contributed by atoms with E-state index in [0.29, 0.717) is 11.7 Å². The van der Waals surface area contributed by atoms with Gasteiger partial charge in [-0.1, -0.05) is 13.8 Å². The van der Waals surface area contributed by atoms with Crippen LogP contribution in [0.3, 0.4) is 0 Å². The summed E-state index contributed by atoms with van der Waals surface area (Å²) in [5.41, 5.74) is 1.01. The minimum atomic E-state index is -0.152. The Labute approximate surface area is 113 Å². The van der Waals surface area contributed by atoms with Crippen LogP contribution in [0.15, 0.2) is 6.07 Å². The van der Waals surface area contributed by atoms with E-state index in [-0.39, 0.29) is 18.6 Å². The van der Waals surface area contributed by atoms with Crippen molar-refractivity contribution in [3.8, 4) is 0 Å². The predicted octanol–water partition coefficient (Wildman–Crippen LogP) is 1.24. The van der Waals surface area contributed by atoms with Gasteiger partial charge < -0.3 is 15.4 Å². The lowest BCUT2D eigenvalue weighted by molar-refractivity contribution is -0.123. The van der Waals surface area contributed by atoms with E-state index in [4.69, 9.17) is 4.74 Å². The number of H-pyrrole nitrogens is 1. The monoisotopic (exact) mass is 266 g/mol. The number of hydrogen-bond donors (Lipinski definition) is 3. The van der Waals surface area contributed by atoms with Crippen molar-refractivity contribution in [3.63, 3.8) is 0 Å². The van der Waals surface area contributed by atoms with E-state index in [0.717, 1.165) is 31.6 Å². The van der Waals surface area contributed by atoms with E-state index in [1.54, 1.807) is 0 Å². The smallest absolute Gasteiger partial charge is 0.251 e. The van der Waals surface area contributed by atoms with Crippen LogP contribution >= 0.6 is 0 Å². The summed E-state index contributed by atoms with van der Waals surface area (Å²) in [6.45, 7) is 6.15. The second-order valence-corrected chi connectivity index (χ2v) is 5.17. The maximum Gasteiger partial charge on any atom is 0.251 e. The number of nitrogens with zero attached hydrogens (tertiary/aromatic N) is 1. The minimum absolute atomic E-state index is 0.0918. The molecule has 1 aromatic heterocycles. The van der Waals surface area contributed by atoms with Crippen LogP contribution < -0.4 is 10.6 Å². The summed E-state index contributed by atoms with van der Waals surface area (Å²) in [5.74, 6) is 0.770. The van der Waals surface area contributed by atoms with Crippen LogP contribution in [0.5, 0.6) is 0 Å². The Morgan fingerprint density at radius 3 is 2.89 bits per heavy atom. The molecule has 0 aromatic carbocycles. The molecule has 1 amide bonds. The Kier molecular flexibility index (Phi) is 4.93. The Balaban J connectivity index is 1.73. The Bertz CT molecular complexity index is 411. The second-order valence-electron chi connectivity index (χ2n) is 5.17. The van der Waals surface area contributed by atoms with Gasteiger partial charge in [0.25, 0.3) is 5.91 Å². The maximum atomic E-state index is 11.7. The van der Waals surface area contributed by atoms with Crippen molar-refractivity contribution in [2.24, 2.45) is 0 Å². The summed E-state index contributed by atoms with van der Waals surface area (Å²) >= 11 is 0. The molecule has 1 fully saturated rings. The highest BCUT2D eigenvalue weighted by Crippen LogP contribution is 2.14. The van der Waals surface area contributed by atoms with Crippen LogP contribution in [0, 0.1) is 0 Å². The van der Waals surface area contributed by atoms with Crippen molar-refractivity contribution in [3.05, 3.63) is 11.8 Å². The molecule has 0 unspecified atom stereocenters. The van der Waals surface area contributed by atoms with Gasteiger partial charge in [0, 0.05) is 11.8 Å². The summed E-state index contributed by atoms with van der Waals surface area (Å²) in [6.07, 6.45) is 2.12. The van der Waals surface area contributed by atoms with Crippen molar-refractivity contribution < 1.29 is 9.53 Å². The third-order valence-electron chi connectivity index (χ3n) is 3.22. The molecule has 0 aliphatic carbocycles. The van der Waals surface area contributed by atoms with E-state index in [9.17, 15) is 4.79 Å². The average Bonchev–Trinajstić information content (AvgIpc) is 2.86. The standard InChI is InChI=1S/C13H22N4O2/c1-9(2)11-7-12(17-16-11)15-13(18)8-19-10-3-5-14-6-4-10/h7,9-10,14H,3-6,8H2,1-2H3,(H2,15,16,17,18). The molecule has 19 heavy (non-hydrogen) atoms. The normalized spacial score (nSPS) is 16.8. The summed E-state index contributed by atoms with van der Waals surface area (Å²) in [5, 5.41) is 12.9. The maximum absolute atomic E-state index is 11.7. The first-order valence-corrected chi connectivity index (χ1v) is 6.82. The van der Waals surface area contributed by atoms with Crippen LogP contribution in [0.4, 0.5) is 5.82 Å². The lowest BCUT2D eigenvalue weighted by Gasteiger charge is -2.22. The van der Waals surface area contributed by atoms with Gasteiger partial charge in [0.2, 0.25) is 0 Å². The van der Waals surface area contributed by atoms with Gasteiger partial charge in [-0.15, -0.1) is 0 Å². The van der Waals surface area contributed by atoms with Crippen molar-refractivity contribution >= 4 is 11.7 Å². The van der Waals surface area contributed by atoms with Gasteiger partial charge in [0.15, 0.2) is 5.82 Å². The third kappa shape index (κ3) is 4.33. The third-order valence-corrected chi connectivity index (χ3v) is 3.22. The van der Waals surface area contributed by atoms with Gasteiger partial charge in [-0.05, 0) is 31.8 Å². The molecule has 106 valence electrons. The molecule has 2 heterocycles. The quantitative estimate of drug-likeness (QED) is 0.749. The molecular formula is C13H22N4O2. The molecule has 6 nitrogen and oxygen atoms in total. The zero-order valence-corrected chi connectivity index (χ0v) is 11.5. The van der Waals surface area contributed by atoms with Crippen LogP contribution in [0.2, 0.25) is 0 Å². The Morgan fingerprint density at radius 1 is 1.53 bits per heavy atom. The lowest BCUT2D eigenvalue weighted by Crippen LogP contribution is -2.34. The SMILES string of the molecule is CC(C)c1cc(NC(=O)COC2CCNCC2)n[nH]1. The van der Waals surface area contributed by atoms with Crippen LogP contribution in [0.1, 0.15) is 38.3 Å². The number of nitrogens with one attached hydrogen (secondary N) is 3. The molecule has 1 aliphatic rings. The molecule has 1 aliphatic heterocycles. The highest BCUT2D eigenvalue weighted by atomic mass is 16.5. The van der Waals surface area contributed by atoms with Gasteiger partial charge in [-0.25, -0.2) is 0 Å². The highest BCUT2D eigenvalue weighted by Gasteiger charge is 2.15. The number of anilines is 1. The van der Waals surface area contributed by atoms with E-state index < -0.39 is 0 Å². The number of ether oxygens (including phenoxy) is 1. The first-order chi connectivity index (χ1) is 9.15. The number of carbonyl (C=O) groups is 1. The number of amides is 1. The molecule has 0 bridgehead atoms. The van der Waals surface area contributed by atoms with E-state index >= 15 is 0 Å². The molecule has 0 radical (unpaired) electrons. The highest BCUT2D eigenvalue weighted by molar-refractivity contribution is 5.90. The fourth-order valence-corrected chi connectivity index (χ4v) is 2.03. The van der Waals surface area contributed by atoms with Crippen LogP contribution in [-0.2, 0) is 9.53 Å². The van der Waals surface area contributed by atoms with Gasteiger partial charge in [0.05, 0.1) is 6.10 Å². The Morgan fingerprint density at radius 2 is 2.26 bits per heavy atom. The van der Waals surface area contributed by atoms with Crippen LogP contribution in [0.25, 0.3) is 0 Å². The van der Waals surface area contributed by atoms with Gasteiger partial charge in [0.1, 0.15) is 6.61 Å². The second kappa shape index (κ2) is 6.68. The predicted molar refractivity (Wildman–Crippen MR) is 73.2 cm³/mol. The summed E-state index contributed by atoms with van der Waals surface area (Å²) in [6, 6.07) is 1.85. The summed E-state index contributed by atoms with van der Waals surface area (Å²) < 4.78 is 5.58. The zero-order chi connectivity index (χ0) is 13.7. The number of carbonyl (C=O) groups excluding carboxylic acids is 1. The van der Waals surface area contributed by atoms with E-state index in [1.165, 1.54) is 0 Å². The van der Waals surface area contributed by atoms with Crippen molar-refractivity contribution in [1.82, 2.24) is 15.5 Å². The topological polar surface area (TPSA) is 79.0 Å². The first-order valence-electron chi connectivity index (χ1n) is 6.82. The minimum Gasteiger partial charge on any atom is -0.368 e.